The molecule has 2 aliphatic rings. The van der Waals surface area contributed by atoms with Crippen LogP contribution in [0.15, 0.2) is 48.5 Å². The summed E-state index contributed by atoms with van der Waals surface area (Å²) in [6.07, 6.45) is 2.84. The van der Waals surface area contributed by atoms with E-state index >= 15 is 8.78 Å². The van der Waals surface area contributed by atoms with Gasteiger partial charge < -0.3 is 25.4 Å². The van der Waals surface area contributed by atoms with E-state index in [4.69, 9.17) is 14.8 Å². The Bertz CT molecular complexity index is 1590. The number of halogens is 2. The summed E-state index contributed by atoms with van der Waals surface area (Å²) in [5, 5.41) is 5.65. The molecule has 2 aliphatic heterocycles. The van der Waals surface area contributed by atoms with Crippen LogP contribution in [-0.2, 0) is 51.3 Å². The molecule has 2 unspecified atom stereocenters. The monoisotopic (exact) mass is 674 g/mol. The molecule has 11 nitrogen and oxygen atoms in total. The van der Waals surface area contributed by atoms with Crippen LogP contribution < -0.4 is 21.3 Å². The van der Waals surface area contributed by atoms with E-state index in [9.17, 15) is 23.7 Å². The van der Waals surface area contributed by atoms with Crippen molar-refractivity contribution in [3.05, 3.63) is 70.8 Å². The number of aryl methyl sites for hydroxylation is 1. The van der Waals surface area contributed by atoms with Crippen molar-refractivity contribution in [3.63, 3.8) is 0 Å². The first-order chi connectivity index (χ1) is 22.2. The summed E-state index contributed by atoms with van der Waals surface area (Å²) in [5.41, 5.74) is 4.11. The maximum Gasteiger partial charge on any atom is 0.404 e. The zero-order chi connectivity index (χ0) is 34.5. The average molecular weight is 675 g/mol. The predicted octanol–water partition coefficient (Wildman–Crippen LogP) is 4.56. The number of para-hydroxylation sites is 1. The summed E-state index contributed by atoms with van der Waals surface area (Å²) >= 11 is 0. The van der Waals surface area contributed by atoms with Crippen molar-refractivity contribution in [2.24, 2.45) is 5.73 Å². The summed E-state index contributed by atoms with van der Waals surface area (Å²) in [5.74, 6) is -1.83. The van der Waals surface area contributed by atoms with E-state index in [-0.39, 0.29) is 31.6 Å². The molecular weight excluding hydrogens is 633 g/mol. The molecule has 0 saturated heterocycles. The van der Waals surface area contributed by atoms with E-state index in [1.54, 1.807) is 13.8 Å². The lowest BCUT2D eigenvalue weighted by atomic mass is 10.0. The molecule has 4 rings (SSSR count). The van der Waals surface area contributed by atoms with Gasteiger partial charge in [-0.1, -0.05) is 42.5 Å². The fourth-order valence-corrected chi connectivity index (χ4v) is 7.41. The molecule has 4 amide bonds. The Balaban J connectivity index is 1.49. The molecule has 0 spiro atoms. The molecule has 0 fully saturated rings. The number of benzene rings is 2. The fraction of sp³-hybridized carbons (Fsp3) is 0.455. The second kappa shape index (κ2) is 14.9. The highest BCUT2D eigenvalue weighted by atomic mass is 31.2. The molecule has 0 aliphatic carbocycles. The number of nitrogens with two attached hydrogens (primary N) is 1. The second-order valence-corrected chi connectivity index (χ2v) is 13.7. The molecule has 2 aromatic carbocycles. The highest BCUT2D eigenvalue weighted by Gasteiger charge is 2.54. The van der Waals surface area contributed by atoms with Crippen LogP contribution in [0.2, 0.25) is 0 Å². The lowest BCUT2D eigenvalue weighted by Crippen LogP contribution is -2.55. The summed E-state index contributed by atoms with van der Waals surface area (Å²) in [7, 11) is -4.78. The number of nitrogens with one attached hydrogen (secondary N) is 2. The molecule has 254 valence electrons. The third-order valence-corrected chi connectivity index (χ3v) is 10.4. The number of allylic oxidation sites excluding steroid dienone is 1. The molecule has 47 heavy (non-hydrogen) atoms. The Labute approximate surface area is 272 Å². The molecule has 0 aromatic heterocycles. The standard InChI is InChI=1S/C33H41F2N4O7P/c1-5-45-47(44,46-6-2)33(34,35)25-14-11-22(12-15-25)20(3)18-29(41)38-26-16-13-23-8-7-9-24-19-27(39(30(23)24)32(26)43)31(42)37-21(4)10-17-28(36)40/h7-9,11-12,14-15,18,21,26-27H,5-6,10,13,16-17,19H2,1-4H3,(H2,36,40)(H,37,42)(H,38,41)/b20-18+/t21?,26?,27-/m0/s1. The minimum Gasteiger partial charge on any atom is -0.370 e. The highest BCUT2D eigenvalue weighted by Crippen LogP contribution is 2.66. The summed E-state index contributed by atoms with van der Waals surface area (Å²) in [6.45, 7) is 5.83. The van der Waals surface area contributed by atoms with Crippen molar-refractivity contribution in [1.82, 2.24) is 10.6 Å². The van der Waals surface area contributed by atoms with Gasteiger partial charge in [-0.15, -0.1) is 0 Å². The zero-order valence-electron chi connectivity index (χ0n) is 26.9. The number of alkyl halides is 2. The number of primary amides is 1. The Morgan fingerprint density at radius 3 is 2.36 bits per heavy atom. The van der Waals surface area contributed by atoms with Gasteiger partial charge in [-0.2, -0.15) is 8.78 Å². The van der Waals surface area contributed by atoms with Crippen molar-refractivity contribution in [2.75, 3.05) is 18.1 Å². The van der Waals surface area contributed by atoms with Crippen LogP contribution in [0.4, 0.5) is 14.5 Å². The van der Waals surface area contributed by atoms with Crippen molar-refractivity contribution in [3.8, 4) is 0 Å². The Kier molecular flexibility index (Phi) is 11.4. The molecule has 2 aromatic rings. The Hall–Kier alpha value is -3.93. The van der Waals surface area contributed by atoms with Crippen LogP contribution in [-0.4, -0.2) is 55.0 Å². The van der Waals surface area contributed by atoms with Crippen LogP contribution in [0.1, 0.15) is 69.2 Å². The second-order valence-electron chi connectivity index (χ2n) is 11.6. The van der Waals surface area contributed by atoms with E-state index < -0.39 is 48.6 Å². The first-order valence-electron chi connectivity index (χ1n) is 15.6. The molecular formula is C33H41F2N4O7P. The molecule has 3 atom stereocenters. The normalized spacial score (nSPS) is 18.7. The Morgan fingerprint density at radius 1 is 1.11 bits per heavy atom. The summed E-state index contributed by atoms with van der Waals surface area (Å²) in [6, 6.07) is 8.50. The lowest BCUT2D eigenvalue weighted by Gasteiger charge is -2.28. The maximum absolute atomic E-state index is 15.1. The predicted molar refractivity (Wildman–Crippen MR) is 173 cm³/mol. The minimum absolute atomic E-state index is 0.112. The maximum atomic E-state index is 15.1. The van der Waals surface area contributed by atoms with Gasteiger partial charge in [0.25, 0.3) is 0 Å². The third-order valence-electron chi connectivity index (χ3n) is 8.22. The molecule has 0 saturated carbocycles. The van der Waals surface area contributed by atoms with Crippen molar-refractivity contribution < 1.29 is 41.6 Å². The number of amides is 4. The van der Waals surface area contributed by atoms with Gasteiger partial charge in [0.15, 0.2) is 0 Å². The van der Waals surface area contributed by atoms with Gasteiger partial charge in [-0.05, 0) is 69.2 Å². The smallest absolute Gasteiger partial charge is 0.370 e. The highest BCUT2D eigenvalue weighted by molar-refractivity contribution is 7.54. The third kappa shape index (κ3) is 7.80. The van der Waals surface area contributed by atoms with Crippen molar-refractivity contribution >= 4 is 42.5 Å². The molecule has 0 bridgehead atoms. The number of hydrogen-bond donors (Lipinski definition) is 3. The molecule has 0 radical (unpaired) electrons. The quantitative estimate of drug-likeness (QED) is 0.196. The van der Waals surface area contributed by atoms with Crippen LogP contribution in [0.25, 0.3) is 5.57 Å². The van der Waals surface area contributed by atoms with Crippen LogP contribution >= 0.6 is 7.60 Å². The molecule has 4 N–H and O–H groups in total. The van der Waals surface area contributed by atoms with E-state index in [2.05, 4.69) is 10.6 Å². The molecule has 2 heterocycles. The number of hydrogen-bond acceptors (Lipinski definition) is 7. The van der Waals surface area contributed by atoms with Crippen LogP contribution in [0.5, 0.6) is 0 Å². The minimum atomic E-state index is -4.78. The van der Waals surface area contributed by atoms with Gasteiger partial charge >= 0.3 is 13.3 Å². The van der Waals surface area contributed by atoms with Crippen LogP contribution in [0, 0.1) is 0 Å². The van der Waals surface area contributed by atoms with E-state index in [1.807, 2.05) is 18.2 Å². The van der Waals surface area contributed by atoms with E-state index in [0.29, 0.717) is 42.5 Å². The van der Waals surface area contributed by atoms with Gasteiger partial charge in [0.2, 0.25) is 23.6 Å². The van der Waals surface area contributed by atoms with Crippen LogP contribution in [0.3, 0.4) is 0 Å². The zero-order valence-corrected chi connectivity index (χ0v) is 27.8. The van der Waals surface area contributed by atoms with Gasteiger partial charge in [-0.3, -0.25) is 28.6 Å². The fourth-order valence-electron chi connectivity index (χ4n) is 5.87. The lowest BCUT2D eigenvalue weighted by molar-refractivity contribution is -0.128. The van der Waals surface area contributed by atoms with Gasteiger partial charge in [0.1, 0.15) is 12.1 Å². The number of rotatable bonds is 14. The Morgan fingerprint density at radius 2 is 1.74 bits per heavy atom. The van der Waals surface area contributed by atoms with E-state index in [0.717, 1.165) is 23.3 Å². The SMILES string of the molecule is CCOP(=O)(OCC)C(F)(F)c1ccc(/C(C)=C/C(=O)NC2CCc3cccc4c3N(C2=O)[C@H](C(=O)NC(C)CCC(N)=O)C4)cc1. The van der Waals surface area contributed by atoms with Crippen molar-refractivity contribution in [1.29, 1.82) is 0 Å². The number of carbonyl (C=O) groups excluding carboxylic acids is 4. The van der Waals surface area contributed by atoms with Crippen molar-refractivity contribution in [2.45, 2.75) is 83.6 Å². The largest absolute Gasteiger partial charge is 0.404 e. The molecule has 14 heteroatoms. The number of carbonyl (C=O) groups is 4. The van der Waals surface area contributed by atoms with Gasteiger partial charge in [0, 0.05) is 30.5 Å². The van der Waals surface area contributed by atoms with Gasteiger partial charge in [0.05, 0.1) is 18.9 Å². The number of anilines is 1. The topological polar surface area (TPSA) is 157 Å². The van der Waals surface area contributed by atoms with Gasteiger partial charge in [-0.25, -0.2) is 0 Å². The first-order valence-corrected chi connectivity index (χ1v) is 17.2. The number of nitrogens with zero attached hydrogens (tertiary/aromatic N) is 1. The summed E-state index contributed by atoms with van der Waals surface area (Å²) in [4.78, 5) is 53.1. The summed E-state index contributed by atoms with van der Waals surface area (Å²) < 4.78 is 52.8. The first kappa shape index (κ1) is 35.9. The average Bonchev–Trinajstić information content (AvgIpc) is 3.36. The van der Waals surface area contributed by atoms with E-state index in [1.165, 1.54) is 37.0 Å².